The standard InChI is InChI=1S/C14H19F3N2O/c1-14(20)5-3-2-4-10(14)13-9(6-15)11(7-16)18-12(8-17)19-13/h10,20H,2-8H2,1H3. The number of hydrogen-bond donors (Lipinski definition) is 1. The fourth-order valence-corrected chi connectivity index (χ4v) is 2.95. The van der Waals surface area contributed by atoms with Crippen molar-refractivity contribution in [2.45, 2.75) is 64.1 Å². The molecule has 0 spiro atoms. The molecule has 0 amide bonds. The van der Waals surface area contributed by atoms with E-state index in [-0.39, 0.29) is 22.8 Å². The molecule has 1 aliphatic rings. The van der Waals surface area contributed by atoms with Crippen molar-refractivity contribution in [2.75, 3.05) is 0 Å². The van der Waals surface area contributed by atoms with E-state index in [1.165, 1.54) is 0 Å². The summed E-state index contributed by atoms with van der Waals surface area (Å²) in [4.78, 5) is 7.74. The van der Waals surface area contributed by atoms with E-state index in [1.807, 2.05) is 0 Å². The molecule has 0 bridgehead atoms. The molecule has 1 aliphatic carbocycles. The largest absolute Gasteiger partial charge is 0.389 e. The number of aliphatic hydroxyl groups is 1. The van der Waals surface area contributed by atoms with Crippen LogP contribution in [0.25, 0.3) is 0 Å². The molecule has 1 heterocycles. The first kappa shape index (κ1) is 15.2. The lowest BCUT2D eigenvalue weighted by molar-refractivity contribution is -0.00130. The molecule has 1 aromatic rings. The van der Waals surface area contributed by atoms with Crippen LogP contribution >= 0.6 is 0 Å². The predicted molar refractivity (Wildman–Crippen MR) is 68.3 cm³/mol. The molecule has 112 valence electrons. The van der Waals surface area contributed by atoms with Crippen molar-refractivity contribution in [1.29, 1.82) is 0 Å². The highest BCUT2D eigenvalue weighted by molar-refractivity contribution is 5.30. The molecule has 0 aliphatic heterocycles. The monoisotopic (exact) mass is 288 g/mol. The van der Waals surface area contributed by atoms with E-state index >= 15 is 0 Å². The van der Waals surface area contributed by atoms with Gasteiger partial charge in [-0.2, -0.15) is 0 Å². The second-order valence-electron chi connectivity index (χ2n) is 5.51. The molecule has 1 saturated carbocycles. The van der Waals surface area contributed by atoms with Crippen molar-refractivity contribution >= 4 is 0 Å². The Labute approximate surface area is 116 Å². The molecule has 1 aromatic heterocycles. The van der Waals surface area contributed by atoms with Gasteiger partial charge >= 0.3 is 0 Å². The van der Waals surface area contributed by atoms with Gasteiger partial charge in [-0.3, -0.25) is 0 Å². The summed E-state index contributed by atoms with van der Waals surface area (Å²) in [6.07, 6.45) is 2.97. The minimum absolute atomic E-state index is 0.0666. The van der Waals surface area contributed by atoms with Gasteiger partial charge in [0.05, 0.1) is 17.0 Å². The maximum atomic E-state index is 13.3. The molecule has 0 radical (unpaired) electrons. The summed E-state index contributed by atoms with van der Waals surface area (Å²) in [5, 5.41) is 10.5. The molecule has 0 saturated heterocycles. The Kier molecular flexibility index (Phi) is 4.62. The van der Waals surface area contributed by atoms with Crippen LogP contribution in [0.3, 0.4) is 0 Å². The first-order chi connectivity index (χ1) is 9.53. The van der Waals surface area contributed by atoms with Gasteiger partial charge in [0.15, 0.2) is 5.82 Å². The summed E-state index contributed by atoms with van der Waals surface area (Å²) in [7, 11) is 0. The predicted octanol–water partition coefficient (Wildman–Crippen LogP) is 3.29. The second-order valence-corrected chi connectivity index (χ2v) is 5.51. The number of hydrogen-bond acceptors (Lipinski definition) is 3. The SMILES string of the molecule is CC1(O)CCCCC1c1nc(CF)nc(CF)c1CF. The van der Waals surface area contributed by atoms with Crippen molar-refractivity contribution < 1.29 is 18.3 Å². The van der Waals surface area contributed by atoms with Crippen molar-refractivity contribution in [1.82, 2.24) is 9.97 Å². The highest BCUT2D eigenvalue weighted by Crippen LogP contribution is 2.41. The fourth-order valence-electron chi connectivity index (χ4n) is 2.95. The van der Waals surface area contributed by atoms with Crippen molar-refractivity contribution in [3.05, 3.63) is 22.8 Å². The Balaban J connectivity index is 2.53. The maximum absolute atomic E-state index is 13.3. The lowest BCUT2D eigenvalue weighted by Gasteiger charge is -2.37. The Hall–Kier alpha value is -1.17. The third kappa shape index (κ3) is 2.80. The minimum Gasteiger partial charge on any atom is -0.389 e. The molecule has 3 nitrogen and oxygen atoms in total. The molecule has 6 heteroatoms. The number of rotatable bonds is 4. The Morgan fingerprint density at radius 1 is 1.15 bits per heavy atom. The van der Waals surface area contributed by atoms with Crippen molar-refractivity contribution in [3.63, 3.8) is 0 Å². The van der Waals surface area contributed by atoms with Crippen LogP contribution in [0.15, 0.2) is 0 Å². The Morgan fingerprint density at radius 2 is 1.90 bits per heavy atom. The van der Waals surface area contributed by atoms with Crippen molar-refractivity contribution in [2.24, 2.45) is 0 Å². The Bertz CT molecular complexity index is 480. The van der Waals surface area contributed by atoms with Gasteiger partial charge in [-0.25, -0.2) is 23.1 Å². The van der Waals surface area contributed by atoms with Crippen LogP contribution in [0.1, 0.15) is 61.3 Å². The number of halogens is 3. The third-order valence-electron chi connectivity index (χ3n) is 4.06. The molecule has 0 aromatic carbocycles. The van der Waals surface area contributed by atoms with Gasteiger partial charge in [-0.05, 0) is 19.8 Å². The summed E-state index contributed by atoms with van der Waals surface area (Å²) >= 11 is 0. The third-order valence-corrected chi connectivity index (χ3v) is 4.06. The quantitative estimate of drug-likeness (QED) is 0.924. The van der Waals surface area contributed by atoms with Crippen molar-refractivity contribution in [3.8, 4) is 0 Å². The number of alkyl halides is 3. The summed E-state index contributed by atoms with van der Waals surface area (Å²) in [5.41, 5.74) is -0.798. The summed E-state index contributed by atoms with van der Waals surface area (Å²) in [6.45, 7) is -1.13. The van der Waals surface area contributed by atoms with Gasteiger partial charge in [-0.15, -0.1) is 0 Å². The lowest BCUT2D eigenvalue weighted by atomic mass is 9.74. The second kappa shape index (κ2) is 6.08. The summed E-state index contributed by atoms with van der Waals surface area (Å²) < 4.78 is 39.1. The lowest BCUT2D eigenvalue weighted by Crippen LogP contribution is -2.37. The number of nitrogens with zero attached hydrogens (tertiary/aromatic N) is 2. The van der Waals surface area contributed by atoms with E-state index in [0.717, 1.165) is 12.8 Å². The normalized spacial score (nSPS) is 26.8. The smallest absolute Gasteiger partial charge is 0.159 e. The zero-order chi connectivity index (χ0) is 14.8. The molecule has 2 unspecified atom stereocenters. The average Bonchev–Trinajstić information content (AvgIpc) is 2.45. The van der Waals surface area contributed by atoms with Gasteiger partial charge in [0.2, 0.25) is 0 Å². The van der Waals surface area contributed by atoms with Crippen LogP contribution in [-0.4, -0.2) is 20.7 Å². The highest BCUT2D eigenvalue weighted by Gasteiger charge is 2.38. The van der Waals surface area contributed by atoms with Gasteiger partial charge in [0, 0.05) is 11.5 Å². The van der Waals surface area contributed by atoms with Crippen LogP contribution in [0, 0.1) is 0 Å². The molecule has 2 rings (SSSR count). The van der Waals surface area contributed by atoms with Crippen LogP contribution in [0.2, 0.25) is 0 Å². The van der Waals surface area contributed by atoms with E-state index in [0.29, 0.717) is 12.8 Å². The van der Waals surface area contributed by atoms with Gasteiger partial charge < -0.3 is 5.11 Å². The fraction of sp³-hybridized carbons (Fsp3) is 0.714. The molecular formula is C14H19F3N2O. The minimum atomic E-state index is -1.03. The molecule has 1 fully saturated rings. The zero-order valence-corrected chi connectivity index (χ0v) is 11.5. The first-order valence-electron chi connectivity index (χ1n) is 6.82. The van der Waals surface area contributed by atoms with E-state index in [1.54, 1.807) is 6.92 Å². The van der Waals surface area contributed by atoms with E-state index in [4.69, 9.17) is 0 Å². The molecule has 20 heavy (non-hydrogen) atoms. The molecule has 2 atom stereocenters. The molecular weight excluding hydrogens is 269 g/mol. The van der Waals surface area contributed by atoms with Crippen LogP contribution in [0.5, 0.6) is 0 Å². The van der Waals surface area contributed by atoms with Gasteiger partial charge in [0.1, 0.15) is 20.0 Å². The van der Waals surface area contributed by atoms with Crippen LogP contribution in [-0.2, 0) is 20.0 Å². The van der Waals surface area contributed by atoms with E-state index in [2.05, 4.69) is 9.97 Å². The first-order valence-corrected chi connectivity index (χ1v) is 6.82. The maximum Gasteiger partial charge on any atom is 0.159 e. The van der Waals surface area contributed by atoms with Gasteiger partial charge in [-0.1, -0.05) is 12.8 Å². The number of aromatic nitrogens is 2. The van der Waals surface area contributed by atoms with Crippen LogP contribution < -0.4 is 0 Å². The van der Waals surface area contributed by atoms with E-state index < -0.39 is 31.5 Å². The summed E-state index contributed by atoms with van der Waals surface area (Å²) in [6, 6.07) is 0. The topological polar surface area (TPSA) is 46.0 Å². The zero-order valence-electron chi connectivity index (χ0n) is 11.5. The Morgan fingerprint density at radius 3 is 2.45 bits per heavy atom. The van der Waals surface area contributed by atoms with E-state index in [9.17, 15) is 18.3 Å². The van der Waals surface area contributed by atoms with Gasteiger partial charge in [0.25, 0.3) is 0 Å². The average molecular weight is 288 g/mol. The molecule has 1 N–H and O–H groups in total. The van der Waals surface area contributed by atoms with Crippen LogP contribution in [0.4, 0.5) is 13.2 Å². The highest BCUT2D eigenvalue weighted by atomic mass is 19.1. The summed E-state index contributed by atoms with van der Waals surface area (Å²) in [5.74, 6) is -0.549.